The minimum Gasteiger partial charge on any atom is -0.478 e. The van der Waals surface area contributed by atoms with Crippen molar-refractivity contribution in [3.63, 3.8) is 0 Å². The smallest absolute Gasteiger partial charge is 0.335 e. The summed E-state index contributed by atoms with van der Waals surface area (Å²) in [6.07, 6.45) is 3.34. The monoisotopic (exact) mass is 269 g/mol. The SMILES string of the molecule is O=C(O)c1ccc(/C=C/c2ccccc2)c([N+](=O)[O-])c1. The van der Waals surface area contributed by atoms with Gasteiger partial charge < -0.3 is 5.11 Å². The zero-order valence-electron chi connectivity index (χ0n) is 10.4. The zero-order chi connectivity index (χ0) is 14.5. The normalized spacial score (nSPS) is 10.6. The minimum absolute atomic E-state index is 0.103. The van der Waals surface area contributed by atoms with Crippen LogP contribution in [0.4, 0.5) is 5.69 Å². The quantitative estimate of drug-likeness (QED) is 0.523. The van der Waals surface area contributed by atoms with E-state index >= 15 is 0 Å². The Kier molecular flexibility index (Phi) is 3.91. The molecule has 0 radical (unpaired) electrons. The van der Waals surface area contributed by atoms with E-state index in [2.05, 4.69) is 0 Å². The number of hydrogen-bond donors (Lipinski definition) is 1. The van der Waals surface area contributed by atoms with E-state index in [1.165, 1.54) is 12.1 Å². The van der Waals surface area contributed by atoms with Gasteiger partial charge in [-0.15, -0.1) is 0 Å². The molecule has 0 spiro atoms. The first-order chi connectivity index (χ1) is 9.58. The average Bonchev–Trinajstić information content (AvgIpc) is 2.45. The highest BCUT2D eigenvalue weighted by Gasteiger charge is 2.15. The Morgan fingerprint density at radius 1 is 1.10 bits per heavy atom. The van der Waals surface area contributed by atoms with Crippen molar-refractivity contribution in [3.05, 3.63) is 75.3 Å². The number of rotatable bonds is 4. The van der Waals surface area contributed by atoms with Crippen LogP contribution >= 0.6 is 0 Å². The first kappa shape index (κ1) is 13.5. The molecule has 100 valence electrons. The van der Waals surface area contributed by atoms with Gasteiger partial charge in [-0.05, 0) is 23.8 Å². The number of aromatic carboxylic acids is 1. The summed E-state index contributed by atoms with van der Waals surface area (Å²) in [5.41, 5.74) is 0.943. The molecule has 0 atom stereocenters. The summed E-state index contributed by atoms with van der Waals surface area (Å²) in [6.45, 7) is 0. The predicted molar refractivity (Wildman–Crippen MR) is 75.4 cm³/mol. The van der Waals surface area contributed by atoms with Gasteiger partial charge in [0, 0.05) is 6.07 Å². The largest absolute Gasteiger partial charge is 0.478 e. The number of hydrogen-bond acceptors (Lipinski definition) is 3. The van der Waals surface area contributed by atoms with Crippen molar-refractivity contribution in [3.8, 4) is 0 Å². The standard InChI is InChI=1S/C15H11NO4/c17-15(18)13-9-8-12(14(10-13)16(19)20)7-6-11-4-2-1-3-5-11/h1-10H,(H,17,18)/b7-6+. The van der Waals surface area contributed by atoms with Gasteiger partial charge in [-0.2, -0.15) is 0 Å². The van der Waals surface area contributed by atoms with Gasteiger partial charge in [0.2, 0.25) is 0 Å². The summed E-state index contributed by atoms with van der Waals surface area (Å²) < 4.78 is 0. The summed E-state index contributed by atoms with van der Waals surface area (Å²) >= 11 is 0. The molecule has 0 bridgehead atoms. The Bertz CT molecular complexity index is 678. The second kappa shape index (κ2) is 5.79. The van der Waals surface area contributed by atoms with Crippen molar-refractivity contribution in [2.45, 2.75) is 0 Å². The molecule has 2 rings (SSSR count). The van der Waals surface area contributed by atoms with Crippen LogP contribution in [0.3, 0.4) is 0 Å². The first-order valence-electron chi connectivity index (χ1n) is 5.83. The fraction of sp³-hybridized carbons (Fsp3) is 0. The van der Waals surface area contributed by atoms with E-state index < -0.39 is 10.9 Å². The van der Waals surface area contributed by atoms with Gasteiger partial charge in [-0.1, -0.05) is 36.4 Å². The van der Waals surface area contributed by atoms with Crippen LogP contribution in [0.1, 0.15) is 21.5 Å². The third kappa shape index (κ3) is 3.08. The van der Waals surface area contributed by atoms with Crippen molar-refractivity contribution < 1.29 is 14.8 Å². The second-order valence-electron chi connectivity index (χ2n) is 4.08. The van der Waals surface area contributed by atoms with Gasteiger partial charge >= 0.3 is 5.97 Å². The topological polar surface area (TPSA) is 80.4 Å². The van der Waals surface area contributed by atoms with E-state index in [0.717, 1.165) is 11.6 Å². The summed E-state index contributed by atoms with van der Waals surface area (Å²) in [7, 11) is 0. The minimum atomic E-state index is -1.19. The third-order valence-corrected chi connectivity index (χ3v) is 2.73. The van der Waals surface area contributed by atoms with Crippen LogP contribution in [0.15, 0.2) is 48.5 Å². The van der Waals surface area contributed by atoms with Crippen LogP contribution in [0.25, 0.3) is 12.2 Å². The molecule has 5 heteroatoms. The Morgan fingerprint density at radius 2 is 1.80 bits per heavy atom. The summed E-state index contributed by atoms with van der Waals surface area (Å²) in [5, 5.41) is 19.8. The molecular formula is C15H11NO4. The van der Waals surface area contributed by atoms with Crippen molar-refractivity contribution in [1.29, 1.82) is 0 Å². The van der Waals surface area contributed by atoms with Crippen LogP contribution < -0.4 is 0 Å². The summed E-state index contributed by atoms with van der Waals surface area (Å²) in [5.74, 6) is -1.19. The number of benzene rings is 2. The van der Waals surface area contributed by atoms with E-state index in [1.807, 2.05) is 30.3 Å². The van der Waals surface area contributed by atoms with E-state index in [1.54, 1.807) is 12.2 Å². The highest BCUT2D eigenvalue weighted by Crippen LogP contribution is 2.22. The molecule has 0 amide bonds. The van der Waals surface area contributed by atoms with Gasteiger partial charge in [0.25, 0.3) is 5.69 Å². The molecule has 5 nitrogen and oxygen atoms in total. The number of carboxylic acids is 1. The molecule has 0 unspecified atom stereocenters. The summed E-state index contributed by atoms with van der Waals surface area (Å²) in [4.78, 5) is 21.2. The van der Waals surface area contributed by atoms with E-state index in [0.29, 0.717) is 5.56 Å². The lowest BCUT2D eigenvalue weighted by Crippen LogP contribution is -1.99. The molecule has 0 fully saturated rings. The van der Waals surface area contributed by atoms with Gasteiger partial charge in [-0.3, -0.25) is 10.1 Å². The van der Waals surface area contributed by atoms with Crippen molar-refractivity contribution in [1.82, 2.24) is 0 Å². The Hall–Kier alpha value is -2.95. The number of carboxylic acid groups (broad SMARTS) is 1. The van der Waals surface area contributed by atoms with Crippen molar-refractivity contribution in [2.75, 3.05) is 0 Å². The maximum Gasteiger partial charge on any atom is 0.335 e. The molecule has 0 saturated carbocycles. The molecule has 2 aromatic rings. The van der Waals surface area contributed by atoms with Crippen molar-refractivity contribution in [2.24, 2.45) is 0 Å². The van der Waals surface area contributed by atoms with Crippen LogP contribution in [0.2, 0.25) is 0 Å². The highest BCUT2D eigenvalue weighted by atomic mass is 16.6. The van der Waals surface area contributed by atoms with Crippen LogP contribution in [-0.4, -0.2) is 16.0 Å². The lowest BCUT2D eigenvalue weighted by atomic mass is 10.1. The van der Waals surface area contributed by atoms with Crippen LogP contribution in [0, 0.1) is 10.1 Å². The Labute approximate surface area is 115 Å². The lowest BCUT2D eigenvalue weighted by molar-refractivity contribution is -0.385. The fourth-order valence-corrected chi connectivity index (χ4v) is 1.73. The second-order valence-corrected chi connectivity index (χ2v) is 4.08. The fourth-order valence-electron chi connectivity index (χ4n) is 1.73. The van der Waals surface area contributed by atoms with Gasteiger partial charge in [-0.25, -0.2) is 4.79 Å². The Balaban J connectivity index is 2.39. The molecular weight excluding hydrogens is 258 g/mol. The number of nitrogens with zero attached hydrogens (tertiary/aromatic N) is 1. The molecule has 0 saturated heterocycles. The Morgan fingerprint density at radius 3 is 2.40 bits per heavy atom. The third-order valence-electron chi connectivity index (χ3n) is 2.73. The molecule has 0 heterocycles. The summed E-state index contributed by atoms with van der Waals surface area (Å²) in [6, 6.07) is 13.2. The molecule has 0 aliphatic carbocycles. The first-order valence-corrected chi connectivity index (χ1v) is 5.83. The van der Waals surface area contributed by atoms with Gasteiger partial charge in [0.05, 0.1) is 16.1 Å². The molecule has 20 heavy (non-hydrogen) atoms. The number of carbonyl (C=O) groups is 1. The molecule has 2 aromatic carbocycles. The van der Waals surface area contributed by atoms with E-state index in [4.69, 9.17) is 5.11 Å². The predicted octanol–water partition coefficient (Wildman–Crippen LogP) is 3.46. The van der Waals surface area contributed by atoms with E-state index in [9.17, 15) is 14.9 Å². The zero-order valence-corrected chi connectivity index (χ0v) is 10.4. The van der Waals surface area contributed by atoms with Gasteiger partial charge in [0.1, 0.15) is 0 Å². The van der Waals surface area contributed by atoms with E-state index in [-0.39, 0.29) is 11.3 Å². The lowest BCUT2D eigenvalue weighted by Gasteiger charge is -2.00. The molecule has 1 N–H and O–H groups in total. The molecule has 0 aliphatic heterocycles. The van der Waals surface area contributed by atoms with Gasteiger partial charge in [0.15, 0.2) is 0 Å². The highest BCUT2D eigenvalue weighted by molar-refractivity contribution is 5.89. The number of nitro benzene ring substituents is 1. The average molecular weight is 269 g/mol. The van der Waals surface area contributed by atoms with Crippen LogP contribution in [0.5, 0.6) is 0 Å². The maximum atomic E-state index is 11.0. The molecule has 0 aliphatic rings. The maximum absolute atomic E-state index is 11.0. The van der Waals surface area contributed by atoms with Crippen LogP contribution in [-0.2, 0) is 0 Å². The number of nitro groups is 1. The van der Waals surface area contributed by atoms with Crippen molar-refractivity contribution >= 4 is 23.8 Å². The molecule has 0 aromatic heterocycles.